The lowest BCUT2D eigenvalue weighted by Crippen LogP contribution is -2.66. The summed E-state index contributed by atoms with van der Waals surface area (Å²) in [5.41, 5.74) is 0. The SMILES string of the molecule is CC/C=C\C/C=C\C/C=C\C/C=C\C/C=C\C/C=C\C/C=C\CCCCCCCC(=O)NC(COC1OC(CO)C(OC2OC(CO)C(OC3OC(CO)C(O)C(O)C3O)C(O)C2O)C(O)C1O)C(O)/C=C/CC/C=C/CCCCCCC. The maximum atomic E-state index is 13.3. The highest BCUT2D eigenvalue weighted by Gasteiger charge is 2.53. The monoisotopic (exact) mass is 1180 g/mol. The zero-order valence-electron chi connectivity index (χ0n) is 49.4. The first-order chi connectivity index (χ1) is 40.3. The van der Waals surface area contributed by atoms with Crippen LogP contribution in [0.2, 0.25) is 0 Å². The fourth-order valence-corrected chi connectivity index (χ4v) is 9.54. The summed E-state index contributed by atoms with van der Waals surface area (Å²) in [4.78, 5) is 13.3. The second-order valence-corrected chi connectivity index (χ2v) is 21.4. The highest BCUT2D eigenvalue weighted by molar-refractivity contribution is 5.76. The molecular formula is C64H105NO18. The summed E-state index contributed by atoms with van der Waals surface area (Å²) in [5.74, 6) is -0.313. The molecule has 474 valence electrons. The Kier molecular flexibility index (Phi) is 40.6. The lowest BCUT2D eigenvalue weighted by atomic mass is 9.96. The smallest absolute Gasteiger partial charge is 0.220 e. The van der Waals surface area contributed by atoms with Crippen molar-refractivity contribution in [2.75, 3.05) is 26.4 Å². The third kappa shape index (κ3) is 29.1. The molecule has 3 fully saturated rings. The van der Waals surface area contributed by atoms with Crippen LogP contribution in [0, 0.1) is 0 Å². The maximum absolute atomic E-state index is 13.3. The van der Waals surface area contributed by atoms with E-state index in [0.29, 0.717) is 12.8 Å². The van der Waals surface area contributed by atoms with Gasteiger partial charge in [0, 0.05) is 6.42 Å². The van der Waals surface area contributed by atoms with Gasteiger partial charge in [0.1, 0.15) is 73.2 Å². The summed E-state index contributed by atoms with van der Waals surface area (Å²) in [6.45, 7) is 1.50. The molecular weight excluding hydrogens is 1070 g/mol. The summed E-state index contributed by atoms with van der Waals surface area (Å²) in [7, 11) is 0. The van der Waals surface area contributed by atoms with Crippen LogP contribution >= 0.6 is 0 Å². The molecule has 3 aliphatic rings. The van der Waals surface area contributed by atoms with Crippen LogP contribution in [0.4, 0.5) is 0 Å². The van der Waals surface area contributed by atoms with Crippen molar-refractivity contribution in [1.29, 1.82) is 0 Å². The number of amides is 1. The van der Waals surface area contributed by atoms with Crippen LogP contribution in [0.5, 0.6) is 0 Å². The number of hydrogen-bond donors (Lipinski definition) is 12. The van der Waals surface area contributed by atoms with Crippen LogP contribution in [-0.4, -0.2) is 193 Å². The molecule has 0 bridgehead atoms. The van der Waals surface area contributed by atoms with Gasteiger partial charge in [0.2, 0.25) is 5.91 Å². The second-order valence-electron chi connectivity index (χ2n) is 21.4. The van der Waals surface area contributed by atoms with Crippen LogP contribution in [-0.2, 0) is 33.2 Å². The van der Waals surface area contributed by atoms with Gasteiger partial charge in [-0.25, -0.2) is 0 Å². The van der Waals surface area contributed by atoms with Gasteiger partial charge in [0.05, 0.1) is 38.6 Å². The number of unbranched alkanes of at least 4 members (excludes halogenated alkanes) is 11. The molecule has 0 aliphatic carbocycles. The van der Waals surface area contributed by atoms with E-state index in [2.05, 4.69) is 116 Å². The van der Waals surface area contributed by atoms with Crippen LogP contribution in [0.3, 0.4) is 0 Å². The number of aliphatic hydroxyl groups is 11. The Morgan fingerprint density at radius 3 is 1.35 bits per heavy atom. The van der Waals surface area contributed by atoms with Crippen molar-refractivity contribution in [2.45, 2.75) is 259 Å². The molecule has 3 aliphatic heterocycles. The molecule has 83 heavy (non-hydrogen) atoms. The van der Waals surface area contributed by atoms with Gasteiger partial charge < -0.3 is 89.9 Å². The Morgan fingerprint density at radius 1 is 0.446 bits per heavy atom. The second kappa shape index (κ2) is 45.7. The Labute approximate surface area is 494 Å². The first-order valence-corrected chi connectivity index (χ1v) is 30.6. The van der Waals surface area contributed by atoms with Crippen molar-refractivity contribution in [3.63, 3.8) is 0 Å². The number of aliphatic hydroxyl groups excluding tert-OH is 11. The highest BCUT2D eigenvalue weighted by atomic mass is 16.8. The van der Waals surface area contributed by atoms with Gasteiger partial charge >= 0.3 is 0 Å². The molecule has 0 aromatic rings. The molecule has 0 radical (unpaired) electrons. The Balaban J connectivity index is 1.46. The third-order valence-corrected chi connectivity index (χ3v) is 14.6. The predicted molar refractivity (Wildman–Crippen MR) is 318 cm³/mol. The Morgan fingerprint density at radius 2 is 0.843 bits per heavy atom. The number of carbonyl (C=O) groups excluding carboxylic acids is 1. The topological polar surface area (TPSA) is 307 Å². The molecule has 19 heteroatoms. The minimum absolute atomic E-state index is 0.205. The van der Waals surface area contributed by atoms with E-state index in [4.69, 9.17) is 28.4 Å². The largest absolute Gasteiger partial charge is 0.394 e. The van der Waals surface area contributed by atoms with Gasteiger partial charge in [0.25, 0.3) is 0 Å². The molecule has 3 heterocycles. The van der Waals surface area contributed by atoms with E-state index in [1.54, 1.807) is 6.08 Å². The molecule has 0 aromatic heterocycles. The summed E-state index contributed by atoms with van der Waals surface area (Å²) in [5, 5.41) is 120. The number of carbonyl (C=O) groups is 1. The Hall–Kier alpha value is -3.55. The zero-order valence-corrected chi connectivity index (χ0v) is 49.4. The molecule has 0 spiro atoms. The summed E-state index contributed by atoms with van der Waals surface area (Å²) < 4.78 is 34.2. The lowest BCUT2D eigenvalue weighted by molar-refractivity contribution is -0.379. The lowest BCUT2D eigenvalue weighted by Gasteiger charge is -2.48. The normalized spacial score (nSPS) is 30.2. The van der Waals surface area contributed by atoms with Crippen molar-refractivity contribution >= 4 is 5.91 Å². The van der Waals surface area contributed by atoms with E-state index < -0.39 is 124 Å². The number of hydrogen-bond acceptors (Lipinski definition) is 18. The molecule has 12 N–H and O–H groups in total. The minimum atomic E-state index is -1.99. The van der Waals surface area contributed by atoms with Crippen LogP contribution in [0.25, 0.3) is 0 Å². The van der Waals surface area contributed by atoms with E-state index in [9.17, 15) is 61.0 Å². The highest BCUT2D eigenvalue weighted by Crippen LogP contribution is 2.33. The molecule has 17 atom stereocenters. The van der Waals surface area contributed by atoms with E-state index >= 15 is 0 Å². The molecule has 19 nitrogen and oxygen atoms in total. The number of allylic oxidation sites excluding steroid dienone is 17. The van der Waals surface area contributed by atoms with E-state index in [-0.39, 0.29) is 18.9 Å². The van der Waals surface area contributed by atoms with Crippen molar-refractivity contribution in [1.82, 2.24) is 5.32 Å². The Bertz CT molecular complexity index is 1930. The average molecular weight is 1180 g/mol. The minimum Gasteiger partial charge on any atom is -0.394 e. The first kappa shape index (κ1) is 73.7. The summed E-state index contributed by atoms with van der Waals surface area (Å²) in [6.07, 6.45) is 32.2. The zero-order chi connectivity index (χ0) is 60.5. The van der Waals surface area contributed by atoms with Crippen molar-refractivity contribution in [3.8, 4) is 0 Å². The van der Waals surface area contributed by atoms with Gasteiger partial charge in [-0.15, -0.1) is 0 Å². The summed E-state index contributed by atoms with van der Waals surface area (Å²) in [6, 6.07) is -1.01. The van der Waals surface area contributed by atoms with E-state index in [0.717, 1.165) is 96.3 Å². The van der Waals surface area contributed by atoms with Gasteiger partial charge in [-0.2, -0.15) is 0 Å². The van der Waals surface area contributed by atoms with Gasteiger partial charge in [0.15, 0.2) is 18.9 Å². The fourth-order valence-electron chi connectivity index (χ4n) is 9.54. The first-order valence-electron chi connectivity index (χ1n) is 30.6. The fraction of sp³-hybridized carbons (Fsp3) is 0.703. The van der Waals surface area contributed by atoms with Gasteiger partial charge in [-0.05, 0) is 89.9 Å². The molecule has 3 saturated heterocycles. The molecule has 1 amide bonds. The van der Waals surface area contributed by atoms with Crippen molar-refractivity contribution in [2.24, 2.45) is 0 Å². The quantitative estimate of drug-likeness (QED) is 0.0249. The van der Waals surface area contributed by atoms with E-state index in [1.807, 2.05) is 6.08 Å². The maximum Gasteiger partial charge on any atom is 0.220 e. The van der Waals surface area contributed by atoms with Crippen LogP contribution < -0.4 is 5.32 Å². The number of rotatable bonds is 43. The van der Waals surface area contributed by atoms with Crippen molar-refractivity contribution < 1.29 is 89.4 Å². The average Bonchev–Trinajstić information content (AvgIpc) is 3.62. The number of ether oxygens (including phenoxy) is 6. The third-order valence-electron chi connectivity index (χ3n) is 14.6. The van der Waals surface area contributed by atoms with Gasteiger partial charge in [-0.3, -0.25) is 4.79 Å². The van der Waals surface area contributed by atoms with Crippen molar-refractivity contribution in [3.05, 3.63) is 109 Å². The summed E-state index contributed by atoms with van der Waals surface area (Å²) >= 11 is 0. The molecule has 0 saturated carbocycles. The predicted octanol–water partition coefficient (Wildman–Crippen LogP) is 5.92. The van der Waals surface area contributed by atoms with Crippen LogP contribution in [0.15, 0.2) is 109 Å². The van der Waals surface area contributed by atoms with E-state index in [1.165, 1.54) is 25.7 Å². The molecule has 3 rings (SSSR count). The van der Waals surface area contributed by atoms with Crippen LogP contribution in [0.1, 0.15) is 155 Å². The number of nitrogens with one attached hydrogen (secondary N) is 1. The standard InChI is InChI=1S/C64H105NO18/c1-3-5-7-9-11-13-15-16-17-18-19-20-21-22-23-24-25-26-27-28-29-30-32-34-36-38-40-42-52(70)65-47(48(69)41-39-37-35-33-31-14-12-10-8-6-4-2)46-78-62-58(76)55(73)60(50(44-67)80-62)83-64-59(77)56(74)61(51(45-68)81-64)82-63-57(75)54(72)53(71)49(43-66)79-63/h5,7,11,13,16-17,19-20,22-23,25-26,28-29,31,33,39,41,47-51,53-64,66-69,71-77H,3-4,6,8-10,12,14-15,18,21,24,27,30,32,34-38,40,42-46H2,1-2H3,(H,65,70)/b7-5-,13-11-,17-16-,20-19-,23-22-,26-25-,29-28-,33-31+,41-39+. The molecule has 0 aromatic carbocycles. The molecule has 17 unspecified atom stereocenters. The van der Waals surface area contributed by atoms with Gasteiger partial charge in [-0.1, -0.05) is 168 Å².